The van der Waals surface area contributed by atoms with Gasteiger partial charge in [-0.25, -0.2) is 4.79 Å². The number of allylic oxidation sites excluding steroid dienone is 1. The SMILES string of the molecule is C=C1C=CC(=O)N1CCNC(=O)N1CCC(C(C)(C)C)C1. The molecule has 0 aromatic rings. The lowest BCUT2D eigenvalue weighted by Crippen LogP contribution is -2.42. The van der Waals surface area contributed by atoms with Gasteiger partial charge in [-0.3, -0.25) is 4.79 Å². The highest BCUT2D eigenvalue weighted by Gasteiger charge is 2.33. The molecule has 1 fully saturated rings. The Hall–Kier alpha value is -1.78. The Morgan fingerprint density at radius 2 is 2.14 bits per heavy atom. The van der Waals surface area contributed by atoms with Gasteiger partial charge >= 0.3 is 6.03 Å². The zero-order chi connectivity index (χ0) is 15.6. The van der Waals surface area contributed by atoms with E-state index in [1.807, 2.05) is 4.90 Å². The maximum Gasteiger partial charge on any atom is 0.317 e. The highest BCUT2D eigenvalue weighted by atomic mass is 16.2. The molecular weight excluding hydrogens is 266 g/mol. The van der Waals surface area contributed by atoms with Crippen molar-refractivity contribution in [3.63, 3.8) is 0 Å². The minimum atomic E-state index is -0.0665. The molecule has 0 radical (unpaired) electrons. The van der Waals surface area contributed by atoms with Gasteiger partial charge in [-0.15, -0.1) is 0 Å². The van der Waals surface area contributed by atoms with E-state index in [0.717, 1.165) is 19.5 Å². The molecule has 0 spiro atoms. The van der Waals surface area contributed by atoms with Crippen molar-refractivity contribution in [2.45, 2.75) is 27.2 Å². The largest absolute Gasteiger partial charge is 0.336 e. The summed E-state index contributed by atoms with van der Waals surface area (Å²) in [6.07, 6.45) is 4.25. The van der Waals surface area contributed by atoms with Crippen LogP contribution >= 0.6 is 0 Å². The first-order valence-corrected chi connectivity index (χ1v) is 7.50. The maximum atomic E-state index is 12.1. The molecule has 2 heterocycles. The van der Waals surface area contributed by atoms with Crippen molar-refractivity contribution >= 4 is 11.9 Å². The van der Waals surface area contributed by atoms with E-state index in [0.29, 0.717) is 24.7 Å². The Kier molecular flexibility index (Phi) is 4.40. The Labute approximate surface area is 126 Å². The second-order valence-electron chi connectivity index (χ2n) is 6.84. The predicted octanol–water partition coefficient (Wildman–Crippen LogP) is 1.98. The number of carbonyl (C=O) groups is 2. The number of hydrogen-bond acceptors (Lipinski definition) is 2. The minimum absolute atomic E-state index is 0.0352. The van der Waals surface area contributed by atoms with Crippen molar-refractivity contribution in [2.75, 3.05) is 26.2 Å². The monoisotopic (exact) mass is 291 g/mol. The number of nitrogens with zero attached hydrogens (tertiary/aromatic N) is 2. The molecule has 0 aromatic carbocycles. The zero-order valence-corrected chi connectivity index (χ0v) is 13.2. The Morgan fingerprint density at radius 1 is 1.43 bits per heavy atom. The number of urea groups is 1. The van der Waals surface area contributed by atoms with Crippen LogP contribution in [0.1, 0.15) is 27.2 Å². The van der Waals surface area contributed by atoms with Crippen LogP contribution in [0.5, 0.6) is 0 Å². The van der Waals surface area contributed by atoms with Gasteiger partial charge in [-0.05, 0) is 23.8 Å². The topological polar surface area (TPSA) is 52.7 Å². The molecule has 5 nitrogen and oxygen atoms in total. The molecule has 21 heavy (non-hydrogen) atoms. The highest BCUT2D eigenvalue weighted by Crippen LogP contribution is 2.33. The van der Waals surface area contributed by atoms with Crippen LogP contribution in [-0.2, 0) is 4.79 Å². The van der Waals surface area contributed by atoms with Crippen LogP contribution in [0.15, 0.2) is 24.4 Å². The van der Waals surface area contributed by atoms with Gasteiger partial charge in [0.15, 0.2) is 0 Å². The fraction of sp³-hybridized carbons (Fsp3) is 0.625. The third kappa shape index (κ3) is 3.65. The summed E-state index contributed by atoms with van der Waals surface area (Å²) < 4.78 is 0. The lowest BCUT2D eigenvalue weighted by molar-refractivity contribution is -0.123. The van der Waals surface area contributed by atoms with Crippen LogP contribution in [0.25, 0.3) is 0 Å². The number of rotatable bonds is 3. The molecule has 1 atom stereocenters. The molecule has 1 saturated heterocycles. The van der Waals surface area contributed by atoms with Crippen molar-refractivity contribution in [3.8, 4) is 0 Å². The van der Waals surface area contributed by atoms with E-state index in [4.69, 9.17) is 0 Å². The first-order chi connectivity index (χ1) is 9.79. The predicted molar refractivity (Wildman–Crippen MR) is 82.5 cm³/mol. The highest BCUT2D eigenvalue weighted by molar-refractivity contribution is 5.93. The van der Waals surface area contributed by atoms with Gasteiger partial charge in [0.05, 0.1) is 0 Å². The number of nitrogens with one attached hydrogen (secondary N) is 1. The van der Waals surface area contributed by atoms with Crippen molar-refractivity contribution in [1.29, 1.82) is 0 Å². The van der Waals surface area contributed by atoms with Crippen LogP contribution in [0.4, 0.5) is 4.79 Å². The third-order valence-corrected chi connectivity index (χ3v) is 4.34. The lowest BCUT2D eigenvalue weighted by atomic mass is 9.80. The molecule has 5 heteroatoms. The lowest BCUT2D eigenvalue weighted by Gasteiger charge is -2.27. The standard InChI is InChI=1S/C16H25N3O2/c1-12-5-6-14(20)19(12)10-8-17-15(21)18-9-7-13(11-18)16(2,3)4/h5-6,13H,1,7-11H2,2-4H3,(H,17,21). The van der Waals surface area contributed by atoms with Crippen LogP contribution in [0.2, 0.25) is 0 Å². The fourth-order valence-corrected chi connectivity index (χ4v) is 2.78. The van der Waals surface area contributed by atoms with E-state index < -0.39 is 0 Å². The van der Waals surface area contributed by atoms with Crippen molar-refractivity contribution in [2.24, 2.45) is 11.3 Å². The number of hydrogen-bond donors (Lipinski definition) is 1. The second kappa shape index (κ2) is 5.92. The van der Waals surface area contributed by atoms with Gasteiger partial charge in [0.25, 0.3) is 5.91 Å². The summed E-state index contributed by atoms with van der Waals surface area (Å²) in [7, 11) is 0. The summed E-state index contributed by atoms with van der Waals surface area (Å²) >= 11 is 0. The first-order valence-electron chi connectivity index (χ1n) is 7.50. The Balaban J connectivity index is 1.74. The second-order valence-corrected chi connectivity index (χ2v) is 6.84. The summed E-state index contributed by atoms with van der Waals surface area (Å²) in [6, 6.07) is -0.0352. The number of likely N-dealkylation sites (tertiary alicyclic amines) is 1. The molecule has 0 saturated carbocycles. The van der Waals surface area contributed by atoms with Crippen LogP contribution in [-0.4, -0.2) is 47.9 Å². The summed E-state index contributed by atoms with van der Waals surface area (Å²) in [4.78, 5) is 27.1. The normalized spacial score (nSPS) is 22.3. The van der Waals surface area contributed by atoms with E-state index >= 15 is 0 Å². The van der Waals surface area contributed by atoms with Crippen molar-refractivity contribution in [1.82, 2.24) is 15.1 Å². The van der Waals surface area contributed by atoms with Crippen LogP contribution in [0, 0.1) is 11.3 Å². The zero-order valence-electron chi connectivity index (χ0n) is 13.2. The molecule has 0 bridgehead atoms. The third-order valence-electron chi connectivity index (χ3n) is 4.34. The van der Waals surface area contributed by atoms with Crippen molar-refractivity contribution < 1.29 is 9.59 Å². The molecule has 0 aliphatic carbocycles. The van der Waals surface area contributed by atoms with Gasteiger partial charge in [-0.1, -0.05) is 27.4 Å². The van der Waals surface area contributed by atoms with Gasteiger partial charge in [0.2, 0.25) is 0 Å². The Bertz CT molecular complexity index is 458. The first kappa shape index (κ1) is 15.6. The smallest absolute Gasteiger partial charge is 0.317 e. The molecule has 3 amide bonds. The molecule has 0 aromatic heterocycles. The minimum Gasteiger partial charge on any atom is -0.336 e. The number of carbonyl (C=O) groups excluding carboxylic acids is 2. The molecule has 2 aliphatic heterocycles. The summed E-state index contributed by atoms with van der Waals surface area (Å²) in [5, 5.41) is 2.89. The van der Waals surface area contributed by atoms with E-state index in [1.54, 1.807) is 11.0 Å². The molecule has 1 N–H and O–H groups in total. The quantitative estimate of drug-likeness (QED) is 0.864. The average Bonchev–Trinajstić information content (AvgIpc) is 2.99. The maximum absolute atomic E-state index is 12.1. The Morgan fingerprint density at radius 3 is 2.67 bits per heavy atom. The number of amides is 3. The molecule has 2 aliphatic rings. The van der Waals surface area contributed by atoms with Gasteiger partial charge in [0, 0.05) is 38.0 Å². The van der Waals surface area contributed by atoms with Crippen LogP contribution in [0.3, 0.4) is 0 Å². The van der Waals surface area contributed by atoms with Gasteiger partial charge in [0.1, 0.15) is 0 Å². The summed E-state index contributed by atoms with van der Waals surface area (Å²) in [6.45, 7) is 13.0. The van der Waals surface area contributed by atoms with E-state index in [-0.39, 0.29) is 17.4 Å². The van der Waals surface area contributed by atoms with Gasteiger partial charge < -0.3 is 15.1 Å². The molecular formula is C16H25N3O2. The average molecular weight is 291 g/mol. The van der Waals surface area contributed by atoms with Crippen molar-refractivity contribution in [3.05, 3.63) is 24.4 Å². The molecule has 1 unspecified atom stereocenters. The summed E-state index contributed by atoms with van der Waals surface area (Å²) in [5.41, 5.74) is 0.920. The summed E-state index contributed by atoms with van der Waals surface area (Å²) in [5.74, 6) is 0.482. The van der Waals surface area contributed by atoms with Gasteiger partial charge in [-0.2, -0.15) is 0 Å². The van der Waals surface area contributed by atoms with E-state index in [2.05, 4.69) is 32.7 Å². The molecule has 2 rings (SSSR count). The van der Waals surface area contributed by atoms with E-state index in [9.17, 15) is 9.59 Å². The van der Waals surface area contributed by atoms with Crippen LogP contribution < -0.4 is 5.32 Å². The van der Waals surface area contributed by atoms with E-state index in [1.165, 1.54) is 6.08 Å². The molecule has 116 valence electrons. The fourth-order valence-electron chi connectivity index (χ4n) is 2.78.